The summed E-state index contributed by atoms with van der Waals surface area (Å²) in [5.74, 6) is 2.49. The van der Waals surface area contributed by atoms with Gasteiger partial charge >= 0.3 is 0 Å². The molecule has 0 saturated carbocycles. The lowest BCUT2D eigenvalue weighted by Crippen LogP contribution is -2.28. The molecule has 0 spiro atoms. The highest BCUT2D eigenvalue weighted by Gasteiger charge is 2.35. The zero-order valence-electron chi connectivity index (χ0n) is 21.4. The average molecular weight is 569 g/mol. The normalized spacial score (nSPS) is 17.1. The molecule has 7 rings (SSSR count). The number of nitrogens with zero attached hydrogens (tertiary/aromatic N) is 2. The van der Waals surface area contributed by atoms with Gasteiger partial charge < -0.3 is 23.7 Å². The van der Waals surface area contributed by atoms with Gasteiger partial charge in [-0.25, -0.2) is 9.38 Å². The van der Waals surface area contributed by atoms with Gasteiger partial charge in [0.15, 0.2) is 28.2 Å². The number of thioether (sulfide) groups is 1. The number of fused-ring (bicyclic) bond motifs is 2. The van der Waals surface area contributed by atoms with Crippen LogP contribution in [0.5, 0.6) is 28.7 Å². The van der Waals surface area contributed by atoms with Crippen molar-refractivity contribution in [3.63, 3.8) is 0 Å². The monoisotopic (exact) mass is 568 g/mol. The second kappa shape index (κ2) is 10.5. The lowest BCUT2D eigenvalue weighted by molar-refractivity contribution is -0.113. The summed E-state index contributed by atoms with van der Waals surface area (Å²) in [6, 6.07) is 24.5. The highest BCUT2D eigenvalue weighted by atomic mass is 32.2. The number of ether oxygens (including phenoxy) is 5. The molecule has 3 aliphatic heterocycles. The Hall–Kier alpha value is -4.96. The maximum Gasteiger partial charge on any atom is 0.271 e. The number of hydrogen-bond donors (Lipinski definition) is 0. The van der Waals surface area contributed by atoms with Crippen LogP contribution in [0.4, 0.5) is 15.8 Å². The molecule has 4 aromatic rings. The van der Waals surface area contributed by atoms with Crippen molar-refractivity contribution in [2.75, 3.05) is 18.5 Å². The smallest absolute Gasteiger partial charge is 0.271 e. The first-order valence-corrected chi connectivity index (χ1v) is 13.5. The van der Waals surface area contributed by atoms with E-state index in [0.29, 0.717) is 55.8 Å². The topological polar surface area (TPSA) is 78.8 Å². The van der Waals surface area contributed by atoms with E-state index in [9.17, 15) is 9.18 Å². The molecule has 204 valence electrons. The van der Waals surface area contributed by atoms with Crippen molar-refractivity contribution in [3.05, 3.63) is 107 Å². The summed E-state index contributed by atoms with van der Waals surface area (Å²) in [6.07, 6.45) is 1.80. The summed E-state index contributed by atoms with van der Waals surface area (Å²) in [5, 5.41) is 0.476. The Morgan fingerprint density at radius 1 is 0.854 bits per heavy atom. The zero-order valence-corrected chi connectivity index (χ0v) is 22.2. The Labute approximate surface area is 238 Å². The number of rotatable bonds is 6. The number of aliphatic imine (C=N–C) groups is 1. The minimum Gasteiger partial charge on any atom is -0.489 e. The van der Waals surface area contributed by atoms with Gasteiger partial charge in [-0.3, -0.25) is 9.69 Å². The minimum atomic E-state index is -0.309. The maximum absolute atomic E-state index is 13.9. The van der Waals surface area contributed by atoms with Gasteiger partial charge in [0.1, 0.15) is 18.2 Å². The van der Waals surface area contributed by atoms with Crippen LogP contribution in [0.25, 0.3) is 6.08 Å². The molecule has 1 saturated heterocycles. The Bertz CT molecular complexity index is 1720. The molecular formula is C31H21FN2O6S. The lowest BCUT2D eigenvalue weighted by atomic mass is 10.2. The summed E-state index contributed by atoms with van der Waals surface area (Å²) >= 11 is 1.26. The summed E-state index contributed by atoms with van der Waals surface area (Å²) < 4.78 is 41.5. The van der Waals surface area contributed by atoms with E-state index in [1.54, 1.807) is 71.6 Å². The van der Waals surface area contributed by atoms with Crippen molar-refractivity contribution in [1.29, 1.82) is 0 Å². The molecule has 10 heteroatoms. The number of anilines is 1. The third kappa shape index (κ3) is 5.05. The van der Waals surface area contributed by atoms with Gasteiger partial charge in [0.05, 0.1) is 16.3 Å². The summed E-state index contributed by atoms with van der Waals surface area (Å²) in [7, 11) is 0. The predicted molar refractivity (Wildman–Crippen MR) is 152 cm³/mol. The van der Waals surface area contributed by atoms with E-state index in [-0.39, 0.29) is 31.9 Å². The molecule has 1 fully saturated rings. The second-order valence-electron chi connectivity index (χ2n) is 9.17. The zero-order chi connectivity index (χ0) is 27.8. The first kappa shape index (κ1) is 25.0. The first-order chi connectivity index (χ1) is 20.1. The molecule has 41 heavy (non-hydrogen) atoms. The van der Waals surface area contributed by atoms with Crippen LogP contribution in [-0.4, -0.2) is 24.7 Å². The van der Waals surface area contributed by atoms with Crippen LogP contribution >= 0.6 is 11.8 Å². The molecule has 3 heterocycles. The standard InChI is InChI=1S/C31H21FN2O6S/c32-24-4-2-1-3-20(24)16-36-23-9-5-19(6-10-23)13-29-30(35)34(22-8-12-26-28(15-22)40-18-38-26)31(41-29)33-21-7-11-25-27(14-21)39-17-37-25/h1-15H,16-18H2. The number of benzene rings is 4. The third-order valence-corrected chi connectivity index (χ3v) is 7.50. The Morgan fingerprint density at radius 3 is 2.34 bits per heavy atom. The van der Waals surface area contributed by atoms with E-state index < -0.39 is 0 Å². The Morgan fingerprint density at radius 2 is 1.56 bits per heavy atom. The highest BCUT2D eigenvalue weighted by molar-refractivity contribution is 8.19. The van der Waals surface area contributed by atoms with Gasteiger partial charge in [-0.15, -0.1) is 0 Å². The minimum absolute atomic E-state index is 0.117. The summed E-state index contributed by atoms with van der Waals surface area (Å²) in [6.45, 7) is 0.405. The Kier molecular flexibility index (Phi) is 6.44. The highest BCUT2D eigenvalue weighted by Crippen LogP contribution is 2.42. The molecule has 0 bridgehead atoms. The predicted octanol–water partition coefficient (Wildman–Crippen LogP) is 6.67. The molecule has 0 aromatic heterocycles. The van der Waals surface area contributed by atoms with Crippen LogP contribution in [0.15, 0.2) is 94.8 Å². The van der Waals surface area contributed by atoms with Gasteiger partial charge in [-0.2, -0.15) is 0 Å². The molecular weight excluding hydrogens is 547 g/mol. The van der Waals surface area contributed by atoms with Crippen LogP contribution in [0.1, 0.15) is 11.1 Å². The molecule has 0 N–H and O–H groups in total. The van der Waals surface area contributed by atoms with Gasteiger partial charge in [0.25, 0.3) is 5.91 Å². The molecule has 4 aromatic carbocycles. The first-order valence-electron chi connectivity index (χ1n) is 12.7. The second-order valence-corrected chi connectivity index (χ2v) is 10.2. The van der Waals surface area contributed by atoms with Gasteiger partial charge in [0.2, 0.25) is 13.6 Å². The fourth-order valence-corrected chi connectivity index (χ4v) is 5.46. The average Bonchev–Trinajstić information content (AvgIpc) is 3.72. The van der Waals surface area contributed by atoms with E-state index in [1.165, 1.54) is 17.8 Å². The largest absolute Gasteiger partial charge is 0.489 e. The van der Waals surface area contributed by atoms with Crippen LogP contribution in [0, 0.1) is 5.82 Å². The summed E-state index contributed by atoms with van der Waals surface area (Å²) in [5.41, 5.74) is 2.50. The maximum atomic E-state index is 13.9. The van der Waals surface area contributed by atoms with Gasteiger partial charge in [0, 0.05) is 17.7 Å². The SMILES string of the molecule is O=C1C(=Cc2ccc(OCc3ccccc3F)cc2)SC(=Nc2ccc3c(c2)OCO3)N1c1ccc2c(c1)OCO2. The van der Waals surface area contributed by atoms with E-state index in [2.05, 4.69) is 0 Å². The van der Waals surface area contributed by atoms with Gasteiger partial charge in [-0.05, 0) is 65.9 Å². The van der Waals surface area contributed by atoms with Crippen LogP contribution in [-0.2, 0) is 11.4 Å². The fourth-order valence-electron chi connectivity index (χ4n) is 4.45. The number of amidine groups is 1. The van der Waals surface area contributed by atoms with E-state index in [0.717, 1.165) is 5.56 Å². The molecule has 0 atom stereocenters. The van der Waals surface area contributed by atoms with Crippen LogP contribution in [0.3, 0.4) is 0 Å². The molecule has 0 aliphatic carbocycles. The van der Waals surface area contributed by atoms with E-state index in [1.807, 2.05) is 18.2 Å². The fraction of sp³-hybridized carbons (Fsp3) is 0.0968. The van der Waals surface area contributed by atoms with Crippen molar-refractivity contribution >= 4 is 40.3 Å². The van der Waals surface area contributed by atoms with E-state index >= 15 is 0 Å². The molecule has 0 unspecified atom stereocenters. The van der Waals surface area contributed by atoms with Crippen molar-refractivity contribution in [1.82, 2.24) is 0 Å². The molecule has 8 nitrogen and oxygen atoms in total. The van der Waals surface area contributed by atoms with Crippen molar-refractivity contribution in [2.45, 2.75) is 6.61 Å². The molecule has 0 radical (unpaired) electrons. The van der Waals surface area contributed by atoms with Crippen molar-refractivity contribution < 1.29 is 32.9 Å². The van der Waals surface area contributed by atoms with Crippen LogP contribution < -0.4 is 28.6 Å². The van der Waals surface area contributed by atoms with Crippen LogP contribution in [0.2, 0.25) is 0 Å². The number of carbonyl (C=O) groups excluding carboxylic acids is 1. The number of amides is 1. The van der Waals surface area contributed by atoms with Crippen molar-refractivity contribution in [2.24, 2.45) is 4.99 Å². The third-order valence-electron chi connectivity index (χ3n) is 6.53. The van der Waals surface area contributed by atoms with Crippen molar-refractivity contribution in [3.8, 4) is 28.7 Å². The number of halogens is 1. The van der Waals surface area contributed by atoms with Gasteiger partial charge in [-0.1, -0.05) is 30.3 Å². The summed E-state index contributed by atoms with van der Waals surface area (Å²) in [4.78, 5) is 20.6. The molecule has 3 aliphatic rings. The molecule has 1 amide bonds. The Balaban J connectivity index is 1.17. The lowest BCUT2D eigenvalue weighted by Gasteiger charge is -2.16. The number of carbonyl (C=O) groups is 1. The van der Waals surface area contributed by atoms with E-state index in [4.69, 9.17) is 28.7 Å². The quantitative estimate of drug-likeness (QED) is 0.240. The number of hydrogen-bond acceptors (Lipinski definition) is 8.